The van der Waals surface area contributed by atoms with E-state index >= 15 is 0 Å². The first-order valence-corrected chi connectivity index (χ1v) is 10.5. The van der Waals surface area contributed by atoms with Crippen molar-refractivity contribution in [3.63, 3.8) is 0 Å². The summed E-state index contributed by atoms with van der Waals surface area (Å²) in [4.78, 5) is 39.6. The van der Waals surface area contributed by atoms with Gasteiger partial charge in [-0.1, -0.05) is 50.5 Å². The van der Waals surface area contributed by atoms with E-state index in [1.54, 1.807) is 4.90 Å². The predicted octanol–water partition coefficient (Wildman–Crippen LogP) is 3.25. The molecule has 0 spiro atoms. The predicted molar refractivity (Wildman–Crippen MR) is 114 cm³/mol. The average molecular weight is 452 g/mol. The Morgan fingerprint density at radius 2 is 1.82 bits per heavy atom. The lowest BCUT2D eigenvalue weighted by Crippen LogP contribution is -2.53. The van der Waals surface area contributed by atoms with Crippen LogP contribution < -0.4 is 15.5 Å². The van der Waals surface area contributed by atoms with E-state index in [0.717, 1.165) is 10.2 Å². The Labute approximate surface area is 175 Å². The molecule has 7 heteroatoms. The van der Waals surface area contributed by atoms with E-state index in [2.05, 4.69) is 26.6 Å². The highest BCUT2D eigenvalue weighted by atomic mass is 79.9. The van der Waals surface area contributed by atoms with Crippen molar-refractivity contribution >= 4 is 39.3 Å². The lowest BCUT2D eigenvalue weighted by atomic mass is 9.94. The Kier molecular flexibility index (Phi) is 7.26. The first-order chi connectivity index (χ1) is 13.0. The van der Waals surface area contributed by atoms with Crippen LogP contribution >= 0.6 is 15.9 Å². The molecule has 1 aliphatic rings. The fourth-order valence-corrected chi connectivity index (χ4v) is 3.31. The third kappa shape index (κ3) is 5.80. The van der Waals surface area contributed by atoms with Gasteiger partial charge < -0.3 is 15.5 Å². The summed E-state index contributed by atoms with van der Waals surface area (Å²) in [5.41, 5.74) is 0.224. The van der Waals surface area contributed by atoms with Gasteiger partial charge in [0, 0.05) is 22.1 Å². The first kappa shape index (κ1) is 22.4. The van der Waals surface area contributed by atoms with Crippen molar-refractivity contribution in [2.24, 2.45) is 11.3 Å². The van der Waals surface area contributed by atoms with Gasteiger partial charge in [-0.2, -0.15) is 0 Å². The van der Waals surface area contributed by atoms with Crippen LogP contribution in [-0.2, 0) is 14.4 Å². The van der Waals surface area contributed by atoms with E-state index in [0.29, 0.717) is 19.4 Å². The Bertz CT molecular complexity index is 725. The van der Waals surface area contributed by atoms with Crippen molar-refractivity contribution in [1.29, 1.82) is 0 Å². The van der Waals surface area contributed by atoms with E-state index in [1.807, 2.05) is 58.9 Å². The Morgan fingerprint density at radius 1 is 1.21 bits per heavy atom. The number of amides is 3. The van der Waals surface area contributed by atoms with Crippen molar-refractivity contribution in [2.45, 2.75) is 59.5 Å². The minimum atomic E-state index is -0.652. The molecular formula is C21H30BrN3O3. The average Bonchev–Trinajstić information content (AvgIpc) is 2.94. The lowest BCUT2D eigenvalue weighted by molar-refractivity contribution is -0.134. The minimum Gasteiger partial charge on any atom is -0.344 e. The van der Waals surface area contributed by atoms with Crippen LogP contribution in [0.15, 0.2) is 28.7 Å². The maximum absolute atomic E-state index is 12.8. The summed E-state index contributed by atoms with van der Waals surface area (Å²) < 4.78 is 0.943. The van der Waals surface area contributed by atoms with Crippen LogP contribution in [-0.4, -0.2) is 36.3 Å². The van der Waals surface area contributed by atoms with E-state index < -0.39 is 17.5 Å². The van der Waals surface area contributed by atoms with Gasteiger partial charge in [-0.25, -0.2) is 0 Å². The van der Waals surface area contributed by atoms with Crippen molar-refractivity contribution < 1.29 is 14.4 Å². The van der Waals surface area contributed by atoms with E-state index in [4.69, 9.17) is 0 Å². The van der Waals surface area contributed by atoms with Crippen LogP contribution in [0.25, 0.3) is 0 Å². The summed E-state index contributed by atoms with van der Waals surface area (Å²) >= 11 is 3.39. The molecule has 1 unspecified atom stereocenters. The molecule has 6 nitrogen and oxygen atoms in total. The van der Waals surface area contributed by atoms with Gasteiger partial charge >= 0.3 is 0 Å². The van der Waals surface area contributed by atoms with Crippen molar-refractivity contribution in [3.8, 4) is 0 Å². The number of carbonyl (C=O) groups is 3. The van der Waals surface area contributed by atoms with Crippen molar-refractivity contribution in [2.75, 3.05) is 11.4 Å². The molecule has 1 aliphatic heterocycles. The molecule has 0 saturated carbocycles. The number of hydrogen-bond acceptors (Lipinski definition) is 3. The van der Waals surface area contributed by atoms with Gasteiger partial charge in [0.05, 0.1) is 0 Å². The summed E-state index contributed by atoms with van der Waals surface area (Å²) in [7, 11) is 0. The van der Waals surface area contributed by atoms with Gasteiger partial charge in [-0.3, -0.25) is 14.4 Å². The van der Waals surface area contributed by atoms with Crippen LogP contribution in [0.1, 0.15) is 47.5 Å². The highest BCUT2D eigenvalue weighted by molar-refractivity contribution is 9.10. The number of nitrogens with zero attached hydrogens (tertiary/aromatic N) is 1. The lowest BCUT2D eigenvalue weighted by Gasteiger charge is -2.26. The van der Waals surface area contributed by atoms with Crippen LogP contribution in [0, 0.1) is 11.3 Å². The van der Waals surface area contributed by atoms with Crippen LogP contribution in [0.3, 0.4) is 0 Å². The minimum absolute atomic E-state index is 0.124. The third-order valence-electron chi connectivity index (χ3n) is 4.67. The summed E-state index contributed by atoms with van der Waals surface area (Å²) in [6.07, 6.45) is 1.06. The monoisotopic (exact) mass is 451 g/mol. The molecule has 0 aliphatic carbocycles. The van der Waals surface area contributed by atoms with Crippen molar-refractivity contribution in [3.05, 3.63) is 28.7 Å². The molecule has 2 N–H and O–H groups in total. The smallest absolute Gasteiger partial charge is 0.249 e. The molecule has 0 bridgehead atoms. The third-order valence-corrected chi connectivity index (χ3v) is 5.20. The molecule has 2 atom stereocenters. The number of anilines is 1. The second kappa shape index (κ2) is 9.07. The van der Waals surface area contributed by atoms with Gasteiger partial charge in [0.25, 0.3) is 0 Å². The number of nitrogens with one attached hydrogen (secondary N) is 2. The van der Waals surface area contributed by atoms with Crippen molar-refractivity contribution in [1.82, 2.24) is 10.6 Å². The number of benzene rings is 1. The standard InChI is InChI=1S/C21H30BrN3O3/c1-13(2)12-17(24-20(28)21(3,4)5)18(26)23-16-10-11-25(19(16)27)15-8-6-14(22)7-9-15/h6-9,13,16-17H,10-12H2,1-5H3,(H,23,26)(H,24,28)/t16?,17-/m0/s1. The Morgan fingerprint density at radius 3 is 2.36 bits per heavy atom. The molecule has 2 rings (SSSR count). The molecule has 1 heterocycles. The van der Waals surface area contributed by atoms with Crippen LogP contribution in [0.2, 0.25) is 0 Å². The molecule has 1 saturated heterocycles. The fraction of sp³-hybridized carbons (Fsp3) is 0.571. The summed E-state index contributed by atoms with van der Waals surface area (Å²) in [6, 6.07) is 6.29. The zero-order chi connectivity index (χ0) is 21.1. The van der Waals surface area contributed by atoms with Gasteiger partial charge in [0.1, 0.15) is 12.1 Å². The quantitative estimate of drug-likeness (QED) is 0.696. The molecule has 1 aromatic rings. The van der Waals surface area contributed by atoms with E-state index in [-0.39, 0.29) is 23.6 Å². The zero-order valence-electron chi connectivity index (χ0n) is 17.2. The van der Waals surface area contributed by atoms with Gasteiger partial charge in [-0.05, 0) is 43.0 Å². The van der Waals surface area contributed by atoms with Crippen LogP contribution in [0.4, 0.5) is 5.69 Å². The molecule has 1 aromatic carbocycles. The number of hydrogen-bond donors (Lipinski definition) is 2. The topological polar surface area (TPSA) is 78.5 Å². The highest BCUT2D eigenvalue weighted by Crippen LogP contribution is 2.24. The number of halogens is 1. The maximum Gasteiger partial charge on any atom is 0.249 e. The highest BCUT2D eigenvalue weighted by Gasteiger charge is 2.36. The zero-order valence-corrected chi connectivity index (χ0v) is 18.8. The SMILES string of the molecule is CC(C)C[C@H](NC(=O)C(C)(C)C)C(=O)NC1CCN(c2ccc(Br)cc2)C1=O. The Balaban J connectivity index is 2.05. The molecule has 0 aromatic heterocycles. The van der Waals surface area contributed by atoms with Gasteiger partial charge in [0.2, 0.25) is 17.7 Å². The molecule has 0 radical (unpaired) electrons. The van der Waals surface area contributed by atoms with E-state index in [9.17, 15) is 14.4 Å². The number of carbonyl (C=O) groups excluding carboxylic acids is 3. The van der Waals surface area contributed by atoms with Gasteiger partial charge in [0.15, 0.2) is 0 Å². The Hall–Kier alpha value is -1.89. The summed E-state index contributed by atoms with van der Waals surface area (Å²) in [6.45, 7) is 9.98. The van der Waals surface area contributed by atoms with E-state index in [1.165, 1.54) is 0 Å². The molecule has 1 fully saturated rings. The molecule has 154 valence electrons. The summed E-state index contributed by atoms with van der Waals surface area (Å²) in [5, 5.41) is 5.69. The summed E-state index contributed by atoms with van der Waals surface area (Å²) in [5.74, 6) is -0.375. The second-order valence-corrected chi connectivity index (χ2v) is 9.64. The molecule has 28 heavy (non-hydrogen) atoms. The molecule has 3 amide bonds. The molecular weight excluding hydrogens is 422 g/mol. The number of rotatable bonds is 6. The van der Waals surface area contributed by atoms with Crippen LogP contribution in [0.5, 0.6) is 0 Å². The maximum atomic E-state index is 12.8. The normalized spacial score (nSPS) is 18.3. The largest absolute Gasteiger partial charge is 0.344 e. The first-order valence-electron chi connectivity index (χ1n) is 9.67. The van der Waals surface area contributed by atoms with Gasteiger partial charge in [-0.15, -0.1) is 0 Å². The fourth-order valence-electron chi connectivity index (χ4n) is 3.04. The second-order valence-electron chi connectivity index (χ2n) is 8.72.